The van der Waals surface area contributed by atoms with Crippen molar-refractivity contribution in [1.82, 2.24) is 4.90 Å². The van der Waals surface area contributed by atoms with Crippen molar-refractivity contribution in [2.45, 2.75) is 54.2 Å². The molecule has 0 aromatic heterocycles. The fraction of sp³-hybridized carbons (Fsp3) is 0.406. The van der Waals surface area contributed by atoms with Crippen molar-refractivity contribution < 1.29 is 38.6 Å². The minimum Gasteiger partial charge on any atom is -0.508 e. The standard InChI is InChI=1S/C32H29Cl2FN2O7/c33-31-16-22-19(13-14-21-25(22)28(42)36(27(21)41)15-5-1-2-8-24(39)40)26(20-6-3-4-7-23(20)38)32(31,34)30(44)37(29(31)43)18-11-9-17(35)10-12-18/h3-4,6-7,9-13,21-22,25-26,38H,1-2,5,8,14-16H2,(H,39,40)/t21-,22+,25-,26+,31+,32-/m0/s1. The summed E-state index contributed by atoms with van der Waals surface area (Å²) in [5, 5.41) is 19.9. The van der Waals surface area contributed by atoms with Crippen molar-refractivity contribution in [2.24, 2.45) is 17.8 Å². The highest BCUT2D eigenvalue weighted by molar-refractivity contribution is 6.58. The minimum atomic E-state index is -2.12. The third kappa shape index (κ3) is 4.36. The van der Waals surface area contributed by atoms with Gasteiger partial charge in [0.25, 0.3) is 11.8 Å². The molecule has 0 unspecified atom stereocenters. The van der Waals surface area contributed by atoms with Gasteiger partial charge in [0.1, 0.15) is 11.6 Å². The van der Waals surface area contributed by atoms with Gasteiger partial charge in [-0.1, -0.05) is 36.3 Å². The number of nitrogens with zero attached hydrogens (tertiary/aromatic N) is 2. The number of phenols is 1. The van der Waals surface area contributed by atoms with Crippen LogP contribution in [0.1, 0.15) is 50.0 Å². The number of imide groups is 2. The summed E-state index contributed by atoms with van der Waals surface area (Å²) in [6, 6.07) is 11.0. The first-order chi connectivity index (χ1) is 20.9. The van der Waals surface area contributed by atoms with E-state index in [1.54, 1.807) is 24.3 Å². The number of unbranched alkanes of at least 4 members (excludes halogenated alkanes) is 2. The normalized spacial score (nSPS) is 31.1. The number of anilines is 1. The number of para-hydroxylation sites is 1. The Labute approximate surface area is 262 Å². The van der Waals surface area contributed by atoms with Crippen molar-refractivity contribution in [1.29, 1.82) is 0 Å². The van der Waals surface area contributed by atoms with E-state index in [9.17, 15) is 33.5 Å². The molecule has 4 aliphatic rings. The number of rotatable bonds is 8. The number of phenolic OH excluding ortho intramolecular Hbond substituents is 1. The maximum atomic E-state index is 14.3. The molecule has 9 nitrogen and oxygen atoms in total. The van der Waals surface area contributed by atoms with Crippen LogP contribution >= 0.6 is 23.2 Å². The van der Waals surface area contributed by atoms with Gasteiger partial charge < -0.3 is 10.2 Å². The largest absolute Gasteiger partial charge is 0.508 e. The molecule has 1 saturated carbocycles. The number of hydrogen-bond donors (Lipinski definition) is 2. The van der Waals surface area contributed by atoms with Gasteiger partial charge >= 0.3 is 5.97 Å². The van der Waals surface area contributed by atoms with E-state index in [0.29, 0.717) is 24.8 Å². The second-order valence-electron chi connectivity index (χ2n) is 11.8. The molecule has 4 amide bonds. The van der Waals surface area contributed by atoms with Crippen LogP contribution in [0.5, 0.6) is 5.75 Å². The Kier molecular flexibility index (Phi) is 7.57. The number of benzene rings is 2. The number of alkyl halides is 2. The van der Waals surface area contributed by atoms with Gasteiger partial charge in [0.05, 0.1) is 17.5 Å². The second-order valence-corrected chi connectivity index (χ2v) is 13.1. The van der Waals surface area contributed by atoms with Crippen molar-refractivity contribution >= 4 is 58.5 Å². The molecule has 2 aliphatic heterocycles. The molecule has 2 saturated heterocycles. The van der Waals surface area contributed by atoms with Crippen LogP contribution in [0, 0.1) is 23.6 Å². The minimum absolute atomic E-state index is 0.00408. The monoisotopic (exact) mass is 642 g/mol. The van der Waals surface area contributed by atoms with Crippen molar-refractivity contribution in [3.8, 4) is 5.75 Å². The fourth-order valence-electron chi connectivity index (χ4n) is 7.48. The van der Waals surface area contributed by atoms with E-state index in [2.05, 4.69) is 0 Å². The summed E-state index contributed by atoms with van der Waals surface area (Å²) in [5.74, 6) is -7.55. The number of halogens is 3. The summed E-state index contributed by atoms with van der Waals surface area (Å²) in [5.41, 5.74) is 0.865. The zero-order valence-corrected chi connectivity index (χ0v) is 24.9. The quantitative estimate of drug-likeness (QED) is 0.184. The number of aromatic hydroxyl groups is 1. The maximum absolute atomic E-state index is 14.3. The number of carboxylic acid groups (broad SMARTS) is 1. The van der Waals surface area contributed by atoms with Gasteiger partial charge in [-0.05, 0) is 61.9 Å². The molecule has 6 atom stereocenters. The molecular weight excluding hydrogens is 614 g/mol. The van der Waals surface area contributed by atoms with Crippen LogP contribution in [0.3, 0.4) is 0 Å². The van der Waals surface area contributed by atoms with Gasteiger partial charge in [-0.2, -0.15) is 0 Å². The first-order valence-corrected chi connectivity index (χ1v) is 15.2. The number of amides is 4. The van der Waals surface area contributed by atoms with E-state index in [1.807, 2.05) is 0 Å². The third-order valence-corrected chi connectivity index (χ3v) is 10.9. The molecule has 3 fully saturated rings. The molecule has 0 bridgehead atoms. The highest BCUT2D eigenvalue weighted by Crippen LogP contribution is 2.66. The number of carbonyl (C=O) groups is 5. The number of likely N-dealkylation sites (tertiary alicyclic amines) is 1. The van der Waals surface area contributed by atoms with E-state index in [-0.39, 0.29) is 48.7 Å². The average Bonchev–Trinajstić information content (AvgIpc) is 3.31. The first-order valence-electron chi connectivity index (χ1n) is 14.5. The summed E-state index contributed by atoms with van der Waals surface area (Å²) in [6.45, 7) is 0.135. The molecule has 44 heavy (non-hydrogen) atoms. The number of fused-ring (bicyclic) bond motifs is 4. The molecule has 12 heteroatoms. The molecule has 2 heterocycles. The van der Waals surface area contributed by atoms with Crippen LogP contribution < -0.4 is 4.90 Å². The lowest BCUT2D eigenvalue weighted by atomic mass is 9.56. The molecule has 0 spiro atoms. The Morgan fingerprint density at radius 3 is 2.32 bits per heavy atom. The lowest BCUT2D eigenvalue weighted by Crippen LogP contribution is -2.60. The summed E-state index contributed by atoms with van der Waals surface area (Å²) in [7, 11) is 0. The Morgan fingerprint density at radius 1 is 0.932 bits per heavy atom. The van der Waals surface area contributed by atoms with Gasteiger partial charge in [-0.15, -0.1) is 23.2 Å². The zero-order chi connectivity index (χ0) is 31.6. The molecule has 230 valence electrons. The van der Waals surface area contributed by atoms with E-state index >= 15 is 0 Å². The van der Waals surface area contributed by atoms with E-state index in [0.717, 1.165) is 17.0 Å². The topological polar surface area (TPSA) is 132 Å². The van der Waals surface area contributed by atoms with Gasteiger partial charge in [-0.3, -0.25) is 28.9 Å². The van der Waals surface area contributed by atoms with E-state index in [4.69, 9.17) is 28.3 Å². The van der Waals surface area contributed by atoms with E-state index < -0.39 is 62.9 Å². The Morgan fingerprint density at radius 2 is 1.64 bits per heavy atom. The van der Waals surface area contributed by atoms with Crippen LogP contribution in [0.15, 0.2) is 60.2 Å². The average molecular weight is 643 g/mol. The lowest BCUT2D eigenvalue weighted by molar-refractivity contribution is -0.141. The van der Waals surface area contributed by atoms with Crippen LogP contribution in [0.2, 0.25) is 0 Å². The molecule has 2 aromatic carbocycles. The number of carboxylic acids is 1. The molecule has 6 rings (SSSR count). The van der Waals surface area contributed by atoms with Crippen LogP contribution in [0.4, 0.5) is 10.1 Å². The number of allylic oxidation sites excluding steroid dienone is 2. The van der Waals surface area contributed by atoms with Crippen LogP contribution in [-0.4, -0.2) is 61.0 Å². The van der Waals surface area contributed by atoms with Gasteiger partial charge in [0.15, 0.2) is 9.75 Å². The van der Waals surface area contributed by atoms with E-state index in [1.165, 1.54) is 23.1 Å². The predicted octanol–water partition coefficient (Wildman–Crippen LogP) is 4.74. The first kappa shape index (κ1) is 30.3. The van der Waals surface area contributed by atoms with Crippen molar-refractivity contribution in [2.75, 3.05) is 11.4 Å². The Hall–Kier alpha value is -3.76. The third-order valence-electron chi connectivity index (χ3n) is 9.51. The molecule has 0 radical (unpaired) electrons. The molecule has 2 aliphatic carbocycles. The lowest BCUT2D eigenvalue weighted by Gasteiger charge is -2.50. The van der Waals surface area contributed by atoms with Crippen molar-refractivity contribution in [3.63, 3.8) is 0 Å². The summed E-state index contributed by atoms with van der Waals surface area (Å²) in [6.07, 6.45) is 3.13. The highest BCUT2D eigenvalue weighted by atomic mass is 35.5. The highest BCUT2D eigenvalue weighted by Gasteiger charge is 2.76. The second kappa shape index (κ2) is 11.0. The van der Waals surface area contributed by atoms with Crippen LogP contribution in [-0.2, 0) is 24.0 Å². The number of aliphatic carboxylic acids is 1. The molecule has 2 aromatic rings. The maximum Gasteiger partial charge on any atom is 0.303 e. The number of hydrogen-bond acceptors (Lipinski definition) is 6. The fourth-order valence-corrected chi connectivity index (χ4v) is 8.41. The smallest absolute Gasteiger partial charge is 0.303 e. The molecular formula is C32H29Cl2FN2O7. The zero-order valence-electron chi connectivity index (χ0n) is 23.4. The predicted molar refractivity (Wildman–Crippen MR) is 158 cm³/mol. The van der Waals surface area contributed by atoms with Gasteiger partial charge in [0.2, 0.25) is 11.8 Å². The van der Waals surface area contributed by atoms with Crippen molar-refractivity contribution in [3.05, 3.63) is 71.6 Å². The summed E-state index contributed by atoms with van der Waals surface area (Å²) < 4.78 is 13.8. The Bertz CT molecular complexity index is 1610. The van der Waals surface area contributed by atoms with Gasteiger partial charge in [-0.25, -0.2) is 9.29 Å². The number of carbonyl (C=O) groups excluding carboxylic acids is 4. The summed E-state index contributed by atoms with van der Waals surface area (Å²) >= 11 is 14.5. The summed E-state index contributed by atoms with van der Waals surface area (Å²) in [4.78, 5) is 64.5. The van der Waals surface area contributed by atoms with Gasteiger partial charge in [0, 0.05) is 24.4 Å². The Balaban J connectivity index is 1.41. The van der Waals surface area contributed by atoms with Crippen LogP contribution in [0.25, 0.3) is 0 Å². The molecule has 2 N–H and O–H groups in total. The SMILES string of the molecule is O=C(O)CCCCCN1C(=O)[C@H]2[C@H](CC=C3[C@H]2C[C@@]2(Cl)C(=O)N(c4ccc(F)cc4)C(=O)[C@@]2(Cl)[C@H]3c2ccccc2O)C1=O.